The highest BCUT2D eigenvalue weighted by atomic mass is 32.1. The predicted octanol–water partition coefficient (Wildman–Crippen LogP) is 2.46. The minimum absolute atomic E-state index is 0.0726. The molecule has 0 spiro atoms. The third-order valence-electron chi connectivity index (χ3n) is 2.96. The molecule has 2 aromatic rings. The van der Waals surface area contributed by atoms with Gasteiger partial charge >= 0.3 is 0 Å². The lowest BCUT2D eigenvalue weighted by molar-refractivity contribution is 0.606. The Morgan fingerprint density at radius 3 is 2.78 bits per heavy atom. The van der Waals surface area contributed by atoms with Crippen molar-refractivity contribution in [1.29, 1.82) is 0 Å². The molecule has 0 fully saturated rings. The smallest absolute Gasteiger partial charge is 0.258 e. The molecular weight excluding hydrogens is 244 g/mol. The van der Waals surface area contributed by atoms with E-state index in [-0.39, 0.29) is 5.56 Å². The fourth-order valence-corrected chi connectivity index (χ4v) is 2.13. The number of fused-ring (bicyclic) bond motifs is 1. The van der Waals surface area contributed by atoms with E-state index in [9.17, 15) is 4.79 Å². The summed E-state index contributed by atoms with van der Waals surface area (Å²) in [5.41, 5.74) is 5.51. The third kappa shape index (κ3) is 2.96. The van der Waals surface area contributed by atoms with Gasteiger partial charge in [-0.05, 0) is 36.8 Å². The van der Waals surface area contributed by atoms with E-state index >= 15 is 0 Å². The first kappa shape index (κ1) is 12.8. The van der Waals surface area contributed by atoms with Crippen LogP contribution in [0.4, 0.5) is 0 Å². The van der Waals surface area contributed by atoms with Crippen molar-refractivity contribution in [1.82, 2.24) is 4.57 Å². The van der Waals surface area contributed by atoms with Gasteiger partial charge in [-0.15, -0.1) is 0 Å². The second-order valence-corrected chi connectivity index (χ2v) is 4.85. The number of aryl methyl sites for hydroxylation is 1. The monoisotopic (exact) mass is 260 g/mol. The van der Waals surface area contributed by atoms with Crippen molar-refractivity contribution in [3.05, 3.63) is 46.9 Å². The lowest BCUT2D eigenvalue weighted by Crippen LogP contribution is -2.19. The minimum Gasteiger partial charge on any atom is -0.393 e. The molecule has 0 aliphatic carbocycles. The summed E-state index contributed by atoms with van der Waals surface area (Å²) in [5.74, 6) is 0. The molecule has 0 saturated carbocycles. The molecule has 1 heterocycles. The predicted molar refractivity (Wildman–Crippen MR) is 78.8 cm³/mol. The van der Waals surface area contributed by atoms with Gasteiger partial charge in [-0.1, -0.05) is 30.4 Å². The zero-order valence-electron chi connectivity index (χ0n) is 10.1. The Morgan fingerprint density at radius 1 is 1.22 bits per heavy atom. The van der Waals surface area contributed by atoms with Gasteiger partial charge < -0.3 is 10.3 Å². The first-order valence-corrected chi connectivity index (χ1v) is 6.46. The second-order valence-electron chi connectivity index (χ2n) is 4.32. The van der Waals surface area contributed by atoms with Crippen LogP contribution in [0.3, 0.4) is 0 Å². The van der Waals surface area contributed by atoms with Gasteiger partial charge in [-0.3, -0.25) is 4.79 Å². The van der Waals surface area contributed by atoms with Gasteiger partial charge in [0.1, 0.15) is 0 Å². The van der Waals surface area contributed by atoms with E-state index in [1.54, 1.807) is 4.57 Å². The van der Waals surface area contributed by atoms with Crippen LogP contribution >= 0.6 is 12.2 Å². The molecule has 2 N–H and O–H groups in total. The largest absolute Gasteiger partial charge is 0.393 e. The molecule has 0 aliphatic rings. The van der Waals surface area contributed by atoms with Crippen molar-refractivity contribution in [2.45, 2.75) is 25.8 Å². The van der Waals surface area contributed by atoms with E-state index < -0.39 is 0 Å². The highest BCUT2D eigenvalue weighted by molar-refractivity contribution is 7.80. The lowest BCUT2D eigenvalue weighted by Gasteiger charge is -2.06. The summed E-state index contributed by atoms with van der Waals surface area (Å²) < 4.78 is 1.75. The van der Waals surface area contributed by atoms with Gasteiger partial charge in [-0.2, -0.15) is 0 Å². The van der Waals surface area contributed by atoms with Crippen molar-refractivity contribution in [3.8, 4) is 0 Å². The van der Waals surface area contributed by atoms with Gasteiger partial charge in [0.05, 0.1) is 4.99 Å². The number of nitrogens with two attached hydrogens (primary N) is 1. The van der Waals surface area contributed by atoms with Crippen molar-refractivity contribution in [2.75, 3.05) is 0 Å². The van der Waals surface area contributed by atoms with Crippen LogP contribution in [0.1, 0.15) is 19.3 Å². The molecular formula is C14H16N2OS. The Bertz CT molecular complexity index is 618. The Morgan fingerprint density at radius 2 is 2.00 bits per heavy atom. The van der Waals surface area contributed by atoms with E-state index in [1.165, 1.54) is 0 Å². The van der Waals surface area contributed by atoms with Crippen LogP contribution < -0.4 is 11.3 Å². The number of thiocarbonyl (C=S) groups is 1. The molecule has 94 valence electrons. The van der Waals surface area contributed by atoms with Gasteiger partial charge in [0.2, 0.25) is 0 Å². The molecule has 0 unspecified atom stereocenters. The van der Waals surface area contributed by atoms with E-state index in [0.29, 0.717) is 11.5 Å². The van der Waals surface area contributed by atoms with Crippen molar-refractivity contribution in [3.63, 3.8) is 0 Å². The van der Waals surface area contributed by atoms with Crippen molar-refractivity contribution < 1.29 is 0 Å². The van der Waals surface area contributed by atoms with Gasteiger partial charge in [0, 0.05) is 18.1 Å². The van der Waals surface area contributed by atoms with Gasteiger partial charge in [0.25, 0.3) is 5.56 Å². The summed E-state index contributed by atoms with van der Waals surface area (Å²) in [5, 5.41) is 1.76. The summed E-state index contributed by atoms with van der Waals surface area (Å²) in [6, 6.07) is 9.62. The molecule has 0 amide bonds. The van der Waals surface area contributed by atoms with Crippen LogP contribution in [-0.2, 0) is 6.54 Å². The highest BCUT2D eigenvalue weighted by Crippen LogP contribution is 2.08. The molecule has 1 aromatic heterocycles. The fourth-order valence-electron chi connectivity index (χ4n) is 1.99. The van der Waals surface area contributed by atoms with Crippen molar-refractivity contribution in [2.24, 2.45) is 5.73 Å². The highest BCUT2D eigenvalue weighted by Gasteiger charge is 2.01. The van der Waals surface area contributed by atoms with Crippen LogP contribution in [0.25, 0.3) is 10.8 Å². The third-order valence-corrected chi connectivity index (χ3v) is 3.16. The van der Waals surface area contributed by atoms with Crippen LogP contribution in [0.2, 0.25) is 0 Å². The second kappa shape index (κ2) is 5.78. The quantitative estimate of drug-likeness (QED) is 0.663. The van der Waals surface area contributed by atoms with E-state index in [0.717, 1.165) is 30.0 Å². The first-order valence-electron chi connectivity index (χ1n) is 6.05. The molecule has 18 heavy (non-hydrogen) atoms. The topological polar surface area (TPSA) is 48.0 Å². The molecule has 0 saturated heterocycles. The maximum atomic E-state index is 12.2. The summed E-state index contributed by atoms with van der Waals surface area (Å²) in [6.07, 6.45) is 4.44. The number of unbranched alkanes of at least 4 members (excludes halogenated alkanes) is 1. The molecule has 0 bridgehead atoms. The number of hydrogen-bond acceptors (Lipinski definition) is 2. The summed E-state index contributed by atoms with van der Waals surface area (Å²) in [6.45, 7) is 0.715. The van der Waals surface area contributed by atoms with Crippen LogP contribution in [0, 0.1) is 0 Å². The molecule has 0 radical (unpaired) electrons. The molecule has 0 atom stereocenters. The maximum Gasteiger partial charge on any atom is 0.258 e. The van der Waals surface area contributed by atoms with Gasteiger partial charge in [-0.25, -0.2) is 0 Å². The number of aromatic nitrogens is 1. The SMILES string of the molecule is NC(=S)CCCCn1ccc2ccccc2c1=O. The zero-order chi connectivity index (χ0) is 13.0. The number of pyridine rings is 1. The average molecular weight is 260 g/mol. The van der Waals surface area contributed by atoms with E-state index in [1.807, 2.05) is 36.5 Å². The number of nitrogens with zero attached hydrogens (tertiary/aromatic N) is 1. The Labute approximate surface area is 111 Å². The fraction of sp³-hybridized carbons (Fsp3) is 0.286. The Hall–Kier alpha value is -1.68. The summed E-state index contributed by atoms with van der Waals surface area (Å²) in [7, 11) is 0. The molecule has 3 nitrogen and oxygen atoms in total. The lowest BCUT2D eigenvalue weighted by atomic mass is 10.1. The van der Waals surface area contributed by atoms with E-state index in [2.05, 4.69) is 0 Å². The Balaban J connectivity index is 2.12. The van der Waals surface area contributed by atoms with Crippen LogP contribution in [0.15, 0.2) is 41.3 Å². The Kier molecular flexibility index (Phi) is 4.10. The van der Waals surface area contributed by atoms with Gasteiger partial charge in [0.15, 0.2) is 0 Å². The standard InChI is InChI=1S/C14H16N2OS/c15-13(18)7-3-4-9-16-10-8-11-5-1-2-6-12(11)14(16)17/h1-2,5-6,8,10H,3-4,7,9H2,(H2,15,18). The number of rotatable bonds is 5. The first-order chi connectivity index (χ1) is 8.68. The molecule has 1 aromatic carbocycles. The summed E-state index contributed by atoms with van der Waals surface area (Å²) >= 11 is 4.82. The normalized spacial score (nSPS) is 10.7. The molecule has 4 heteroatoms. The van der Waals surface area contributed by atoms with Crippen LogP contribution in [-0.4, -0.2) is 9.56 Å². The minimum atomic E-state index is 0.0726. The number of benzene rings is 1. The van der Waals surface area contributed by atoms with E-state index in [4.69, 9.17) is 18.0 Å². The van der Waals surface area contributed by atoms with Crippen molar-refractivity contribution >= 4 is 28.0 Å². The summed E-state index contributed by atoms with van der Waals surface area (Å²) in [4.78, 5) is 12.7. The molecule has 2 rings (SSSR count). The average Bonchev–Trinajstić information content (AvgIpc) is 2.37. The molecule has 0 aliphatic heterocycles. The number of hydrogen-bond donors (Lipinski definition) is 1. The maximum absolute atomic E-state index is 12.2. The zero-order valence-corrected chi connectivity index (χ0v) is 11.0. The van der Waals surface area contributed by atoms with Crippen LogP contribution in [0.5, 0.6) is 0 Å².